The third-order valence-electron chi connectivity index (χ3n) is 4.04. The SMILES string of the molecule is FC1CC(c2ccccc2)(c2nc(-c3cccs3)no2)C1. The van der Waals surface area contributed by atoms with Gasteiger partial charge in [-0.25, -0.2) is 4.39 Å². The van der Waals surface area contributed by atoms with Gasteiger partial charge in [-0.15, -0.1) is 11.3 Å². The summed E-state index contributed by atoms with van der Waals surface area (Å²) in [4.78, 5) is 5.49. The molecule has 1 aliphatic rings. The maximum absolute atomic E-state index is 13.6. The summed E-state index contributed by atoms with van der Waals surface area (Å²) in [5.74, 6) is 1.10. The van der Waals surface area contributed by atoms with E-state index in [1.54, 1.807) is 11.3 Å². The number of nitrogens with zero attached hydrogens (tertiary/aromatic N) is 2. The second-order valence-electron chi connectivity index (χ2n) is 5.35. The van der Waals surface area contributed by atoms with Crippen LogP contribution in [0.2, 0.25) is 0 Å². The first-order valence-corrected chi connectivity index (χ1v) is 7.73. The normalized spacial score (nSPS) is 24.7. The topological polar surface area (TPSA) is 38.9 Å². The van der Waals surface area contributed by atoms with E-state index in [2.05, 4.69) is 10.1 Å². The molecule has 0 aliphatic heterocycles. The van der Waals surface area contributed by atoms with Crippen LogP contribution < -0.4 is 0 Å². The van der Waals surface area contributed by atoms with E-state index in [9.17, 15) is 4.39 Å². The Morgan fingerprint density at radius 1 is 1.14 bits per heavy atom. The van der Waals surface area contributed by atoms with Crippen molar-refractivity contribution in [1.29, 1.82) is 0 Å². The summed E-state index contributed by atoms with van der Waals surface area (Å²) >= 11 is 1.56. The van der Waals surface area contributed by atoms with Crippen molar-refractivity contribution in [3.05, 3.63) is 59.3 Å². The Morgan fingerprint density at radius 3 is 2.62 bits per heavy atom. The fraction of sp³-hybridized carbons (Fsp3) is 0.250. The van der Waals surface area contributed by atoms with Gasteiger partial charge < -0.3 is 4.52 Å². The molecule has 106 valence electrons. The molecule has 0 N–H and O–H groups in total. The summed E-state index contributed by atoms with van der Waals surface area (Å²) in [5, 5.41) is 6.03. The van der Waals surface area contributed by atoms with E-state index in [-0.39, 0.29) is 0 Å². The van der Waals surface area contributed by atoms with Gasteiger partial charge in [-0.1, -0.05) is 41.6 Å². The molecule has 2 aromatic heterocycles. The molecule has 3 aromatic rings. The predicted octanol–water partition coefficient (Wildman–Crippen LogP) is 4.22. The van der Waals surface area contributed by atoms with Gasteiger partial charge in [0.1, 0.15) is 6.17 Å². The van der Waals surface area contributed by atoms with Crippen LogP contribution in [0.3, 0.4) is 0 Å². The van der Waals surface area contributed by atoms with Crippen LogP contribution in [0, 0.1) is 0 Å². The number of alkyl halides is 1. The van der Waals surface area contributed by atoms with E-state index in [1.807, 2.05) is 47.8 Å². The smallest absolute Gasteiger partial charge is 0.237 e. The van der Waals surface area contributed by atoms with E-state index in [4.69, 9.17) is 4.52 Å². The Balaban J connectivity index is 1.76. The minimum atomic E-state index is -0.803. The fourth-order valence-electron chi connectivity index (χ4n) is 2.91. The summed E-state index contributed by atoms with van der Waals surface area (Å²) in [5.41, 5.74) is 0.573. The molecule has 5 heteroatoms. The Hall–Kier alpha value is -2.01. The summed E-state index contributed by atoms with van der Waals surface area (Å²) in [6.45, 7) is 0. The van der Waals surface area contributed by atoms with Crippen molar-refractivity contribution in [1.82, 2.24) is 10.1 Å². The van der Waals surface area contributed by atoms with Crippen LogP contribution in [0.4, 0.5) is 4.39 Å². The minimum absolute atomic E-state index is 0.406. The molecule has 1 aromatic carbocycles. The monoisotopic (exact) mass is 300 g/mol. The maximum atomic E-state index is 13.6. The lowest BCUT2D eigenvalue weighted by molar-refractivity contribution is 0.0953. The average Bonchev–Trinajstić information content (AvgIpc) is 3.15. The molecule has 1 fully saturated rings. The van der Waals surface area contributed by atoms with Gasteiger partial charge in [-0.3, -0.25) is 0 Å². The molecule has 21 heavy (non-hydrogen) atoms. The zero-order valence-corrected chi connectivity index (χ0v) is 12.0. The van der Waals surface area contributed by atoms with Gasteiger partial charge in [0.05, 0.1) is 10.3 Å². The Labute approximate surface area is 125 Å². The lowest BCUT2D eigenvalue weighted by Gasteiger charge is -2.41. The van der Waals surface area contributed by atoms with Gasteiger partial charge >= 0.3 is 0 Å². The lowest BCUT2D eigenvalue weighted by Crippen LogP contribution is -2.43. The molecule has 3 nitrogen and oxygen atoms in total. The second kappa shape index (κ2) is 4.77. The molecule has 0 bridgehead atoms. The van der Waals surface area contributed by atoms with Gasteiger partial charge in [-0.2, -0.15) is 4.98 Å². The molecule has 0 unspecified atom stereocenters. The van der Waals surface area contributed by atoms with Crippen molar-refractivity contribution >= 4 is 11.3 Å². The molecule has 0 saturated heterocycles. The van der Waals surface area contributed by atoms with Crippen LogP contribution >= 0.6 is 11.3 Å². The van der Waals surface area contributed by atoms with E-state index < -0.39 is 11.6 Å². The number of benzene rings is 1. The standard InChI is InChI=1S/C16H13FN2OS/c17-12-9-16(10-12,11-5-2-1-3-6-11)15-18-14(19-20-15)13-7-4-8-21-13/h1-8,12H,9-10H2. The van der Waals surface area contributed by atoms with Crippen molar-refractivity contribution in [2.45, 2.75) is 24.4 Å². The summed E-state index contributed by atoms with van der Waals surface area (Å²) in [7, 11) is 0. The van der Waals surface area contributed by atoms with Crippen molar-refractivity contribution in [2.24, 2.45) is 0 Å². The summed E-state index contributed by atoms with van der Waals surface area (Å²) in [6.07, 6.45) is 0.00825. The van der Waals surface area contributed by atoms with Crippen LogP contribution in [0.15, 0.2) is 52.4 Å². The number of hydrogen-bond acceptors (Lipinski definition) is 4. The van der Waals surface area contributed by atoms with Gasteiger partial charge in [0.2, 0.25) is 11.7 Å². The zero-order valence-electron chi connectivity index (χ0n) is 11.2. The first-order valence-electron chi connectivity index (χ1n) is 6.86. The maximum Gasteiger partial charge on any atom is 0.237 e. The van der Waals surface area contributed by atoms with Crippen LogP contribution in [0.1, 0.15) is 24.3 Å². The fourth-order valence-corrected chi connectivity index (χ4v) is 3.56. The minimum Gasteiger partial charge on any atom is -0.338 e. The second-order valence-corrected chi connectivity index (χ2v) is 6.30. The Bertz CT molecular complexity index is 733. The molecular formula is C16H13FN2OS. The molecule has 1 saturated carbocycles. The first kappa shape index (κ1) is 12.7. The highest BCUT2D eigenvalue weighted by atomic mass is 32.1. The van der Waals surface area contributed by atoms with Crippen molar-refractivity contribution < 1.29 is 8.91 Å². The number of rotatable bonds is 3. The number of aromatic nitrogens is 2. The van der Waals surface area contributed by atoms with E-state index in [0.29, 0.717) is 24.6 Å². The van der Waals surface area contributed by atoms with Crippen LogP contribution in [-0.2, 0) is 5.41 Å². The summed E-state index contributed by atoms with van der Waals surface area (Å²) < 4.78 is 19.1. The van der Waals surface area contributed by atoms with Crippen LogP contribution in [-0.4, -0.2) is 16.3 Å². The quantitative estimate of drug-likeness (QED) is 0.727. The van der Waals surface area contributed by atoms with E-state index in [1.165, 1.54) is 0 Å². The lowest BCUT2D eigenvalue weighted by atomic mass is 9.63. The van der Waals surface area contributed by atoms with Crippen molar-refractivity contribution in [2.75, 3.05) is 0 Å². The molecule has 0 atom stereocenters. The van der Waals surface area contributed by atoms with Gasteiger partial charge in [0.25, 0.3) is 0 Å². The molecular weight excluding hydrogens is 287 g/mol. The van der Waals surface area contributed by atoms with E-state index >= 15 is 0 Å². The van der Waals surface area contributed by atoms with Crippen LogP contribution in [0.25, 0.3) is 10.7 Å². The van der Waals surface area contributed by atoms with Gasteiger partial charge in [-0.05, 0) is 29.9 Å². The molecule has 4 rings (SSSR count). The number of thiophene rings is 1. The third-order valence-corrected chi connectivity index (χ3v) is 4.91. The first-order chi connectivity index (χ1) is 10.3. The molecule has 2 heterocycles. The van der Waals surface area contributed by atoms with E-state index in [0.717, 1.165) is 10.4 Å². The Kier molecular flexibility index (Phi) is 2.89. The number of halogens is 1. The largest absolute Gasteiger partial charge is 0.338 e. The molecule has 0 radical (unpaired) electrons. The predicted molar refractivity (Wildman–Crippen MR) is 79.0 cm³/mol. The zero-order chi connectivity index (χ0) is 14.3. The molecule has 0 spiro atoms. The van der Waals surface area contributed by atoms with Crippen LogP contribution in [0.5, 0.6) is 0 Å². The third kappa shape index (κ3) is 2.00. The molecule has 0 amide bonds. The van der Waals surface area contributed by atoms with Gasteiger partial charge in [0, 0.05) is 0 Å². The van der Waals surface area contributed by atoms with Crippen molar-refractivity contribution in [3.63, 3.8) is 0 Å². The summed E-state index contributed by atoms with van der Waals surface area (Å²) in [6, 6.07) is 13.8. The Morgan fingerprint density at radius 2 is 1.95 bits per heavy atom. The van der Waals surface area contributed by atoms with Crippen molar-refractivity contribution in [3.8, 4) is 10.7 Å². The highest BCUT2D eigenvalue weighted by Gasteiger charge is 2.51. The molecule has 1 aliphatic carbocycles. The van der Waals surface area contributed by atoms with Gasteiger partial charge in [0.15, 0.2) is 0 Å². The average molecular weight is 300 g/mol. The number of hydrogen-bond donors (Lipinski definition) is 0. The highest BCUT2D eigenvalue weighted by molar-refractivity contribution is 7.13. The highest BCUT2D eigenvalue weighted by Crippen LogP contribution is 2.50.